The SMILES string of the molecule is CCC1CC(CC(=O)CCN2C(=O)C=CC2=O)SS1. The first-order valence-corrected chi connectivity index (χ1v) is 8.75. The summed E-state index contributed by atoms with van der Waals surface area (Å²) in [6.07, 6.45) is 5.56. The fraction of sp³-hybridized carbons (Fsp3) is 0.615. The van der Waals surface area contributed by atoms with Gasteiger partial charge in [-0.15, -0.1) is 0 Å². The largest absolute Gasteiger partial charge is 0.300 e. The topological polar surface area (TPSA) is 54.5 Å². The zero-order valence-electron chi connectivity index (χ0n) is 10.8. The van der Waals surface area contributed by atoms with Crippen LogP contribution in [0.2, 0.25) is 0 Å². The summed E-state index contributed by atoms with van der Waals surface area (Å²) in [5.41, 5.74) is 0. The molecule has 2 aliphatic heterocycles. The second-order valence-corrected chi connectivity index (χ2v) is 7.61. The number of nitrogens with zero attached hydrogens (tertiary/aromatic N) is 1. The lowest BCUT2D eigenvalue weighted by atomic mass is 10.1. The summed E-state index contributed by atoms with van der Waals surface area (Å²) in [5.74, 6) is -0.480. The van der Waals surface area contributed by atoms with Crippen LogP contribution >= 0.6 is 21.6 Å². The third-order valence-electron chi connectivity index (χ3n) is 3.28. The summed E-state index contributed by atoms with van der Waals surface area (Å²) >= 11 is 0. The van der Waals surface area contributed by atoms with E-state index < -0.39 is 0 Å². The molecule has 0 aromatic heterocycles. The second-order valence-electron chi connectivity index (χ2n) is 4.73. The zero-order chi connectivity index (χ0) is 13.8. The number of amides is 2. The zero-order valence-corrected chi connectivity index (χ0v) is 12.5. The van der Waals surface area contributed by atoms with E-state index in [1.54, 1.807) is 10.8 Å². The third-order valence-corrected chi connectivity index (χ3v) is 6.79. The molecule has 6 heteroatoms. The minimum Gasteiger partial charge on any atom is -0.300 e. The van der Waals surface area contributed by atoms with Crippen molar-refractivity contribution in [2.75, 3.05) is 6.54 Å². The fourth-order valence-corrected chi connectivity index (χ4v) is 5.60. The molecule has 0 radical (unpaired) electrons. The highest BCUT2D eigenvalue weighted by Gasteiger charge is 2.28. The molecule has 4 nitrogen and oxygen atoms in total. The molecular formula is C13H17NO3S2. The van der Waals surface area contributed by atoms with Gasteiger partial charge >= 0.3 is 0 Å². The number of Topliss-reactive ketones (excluding diaryl/α,β-unsaturated/α-hetero) is 1. The van der Waals surface area contributed by atoms with Crippen molar-refractivity contribution in [3.63, 3.8) is 0 Å². The fourth-order valence-electron chi connectivity index (χ4n) is 2.12. The van der Waals surface area contributed by atoms with Gasteiger partial charge in [0.2, 0.25) is 0 Å². The minimum atomic E-state index is -0.311. The Bertz CT molecular complexity index is 404. The summed E-state index contributed by atoms with van der Waals surface area (Å²) in [6, 6.07) is 0. The van der Waals surface area contributed by atoms with Crippen LogP contribution in [0.5, 0.6) is 0 Å². The van der Waals surface area contributed by atoms with Crippen LogP contribution in [-0.2, 0) is 14.4 Å². The van der Waals surface area contributed by atoms with E-state index in [-0.39, 0.29) is 30.6 Å². The molecule has 2 atom stereocenters. The highest BCUT2D eigenvalue weighted by atomic mass is 33.1. The lowest BCUT2D eigenvalue weighted by Gasteiger charge is -2.13. The lowest BCUT2D eigenvalue weighted by Crippen LogP contribution is -2.32. The Kier molecular flexibility index (Phi) is 5.10. The van der Waals surface area contributed by atoms with Crippen LogP contribution in [0.4, 0.5) is 0 Å². The van der Waals surface area contributed by atoms with Crippen LogP contribution in [0.1, 0.15) is 32.6 Å². The number of hydrogen-bond donors (Lipinski definition) is 0. The van der Waals surface area contributed by atoms with Crippen LogP contribution < -0.4 is 0 Å². The number of ketones is 1. The van der Waals surface area contributed by atoms with Gasteiger partial charge in [0.15, 0.2) is 0 Å². The Morgan fingerprint density at radius 2 is 1.89 bits per heavy atom. The van der Waals surface area contributed by atoms with Gasteiger partial charge in [-0.25, -0.2) is 0 Å². The lowest BCUT2D eigenvalue weighted by molar-refractivity contribution is -0.137. The number of carbonyl (C=O) groups excluding carboxylic acids is 3. The van der Waals surface area contributed by atoms with Gasteiger partial charge in [-0.05, 0) is 12.8 Å². The van der Waals surface area contributed by atoms with Crippen LogP contribution in [0, 0.1) is 0 Å². The maximum atomic E-state index is 11.9. The predicted molar refractivity (Wildman–Crippen MR) is 77.8 cm³/mol. The van der Waals surface area contributed by atoms with Gasteiger partial charge in [0.05, 0.1) is 0 Å². The molecule has 0 aliphatic carbocycles. The van der Waals surface area contributed by atoms with E-state index in [2.05, 4.69) is 6.92 Å². The van der Waals surface area contributed by atoms with Gasteiger partial charge in [0, 0.05) is 42.0 Å². The first kappa shape index (κ1) is 14.7. The molecule has 1 saturated heterocycles. The van der Waals surface area contributed by atoms with Gasteiger partial charge < -0.3 is 0 Å². The van der Waals surface area contributed by atoms with Crippen LogP contribution in [0.25, 0.3) is 0 Å². The Hall–Kier alpha value is -0.750. The molecule has 19 heavy (non-hydrogen) atoms. The number of hydrogen-bond acceptors (Lipinski definition) is 5. The molecule has 0 spiro atoms. The number of carbonyl (C=O) groups is 3. The first-order chi connectivity index (χ1) is 9.10. The smallest absolute Gasteiger partial charge is 0.253 e. The normalized spacial score (nSPS) is 26.5. The van der Waals surface area contributed by atoms with E-state index in [0.717, 1.165) is 17.7 Å². The molecule has 2 rings (SSSR count). The highest BCUT2D eigenvalue weighted by molar-refractivity contribution is 8.77. The quantitative estimate of drug-likeness (QED) is 0.556. The van der Waals surface area contributed by atoms with E-state index in [1.807, 2.05) is 10.8 Å². The van der Waals surface area contributed by atoms with E-state index >= 15 is 0 Å². The molecule has 2 unspecified atom stereocenters. The molecule has 1 fully saturated rings. The average Bonchev–Trinajstić information content (AvgIpc) is 2.95. The maximum Gasteiger partial charge on any atom is 0.253 e. The van der Waals surface area contributed by atoms with E-state index in [4.69, 9.17) is 0 Å². The monoisotopic (exact) mass is 299 g/mol. The van der Waals surface area contributed by atoms with Crippen molar-refractivity contribution < 1.29 is 14.4 Å². The van der Waals surface area contributed by atoms with Crippen LogP contribution in [-0.4, -0.2) is 39.5 Å². The van der Waals surface area contributed by atoms with Gasteiger partial charge in [-0.3, -0.25) is 19.3 Å². The van der Waals surface area contributed by atoms with Crippen molar-refractivity contribution >= 4 is 39.2 Å². The predicted octanol–water partition coefficient (Wildman–Crippen LogP) is 2.19. The van der Waals surface area contributed by atoms with Gasteiger partial charge in [0.1, 0.15) is 5.78 Å². The Labute approximate surface area is 120 Å². The van der Waals surface area contributed by atoms with E-state index in [0.29, 0.717) is 16.9 Å². The highest BCUT2D eigenvalue weighted by Crippen LogP contribution is 2.46. The molecule has 0 N–H and O–H groups in total. The molecule has 2 heterocycles. The summed E-state index contributed by atoms with van der Waals surface area (Å²) in [4.78, 5) is 35.6. The van der Waals surface area contributed by atoms with Crippen molar-refractivity contribution in [2.45, 2.75) is 43.1 Å². The van der Waals surface area contributed by atoms with Crippen molar-refractivity contribution in [1.82, 2.24) is 4.90 Å². The van der Waals surface area contributed by atoms with E-state index in [9.17, 15) is 14.4 Å². The third kappa shape index (κ3) is 3.86. The molecule has 0 bridgehead atoms. The van der Waals surface area contributed by atoms with Crippen molar-refractivity contribution in [3.8, 4) is 0 Å². The van der Waals surface area contributed by atoms with Crippen molar-refractivity contribution in [2.24, 2.45) is 0 Å². The molecular weight excluding hydrogens is 282 g/mol. The van der Waals surface area contributed by atoms with Crippen LogP contribution in [0.15, 0.2) is 12.2 Å². The maximum absolute atomic E-state index is 11.9. The van der Waals surface area contributed by atoms with Crippen LogP contribution in [0.3, 0.4) is 0 Å². The standard InChI is InChI=1S/C13H17NO3S2/c1-2-10-8-11(19-18-10)7-9(15)5-6-14-12(16)3-4-13(14)17/h3-4,10-11H,2,5-8H2,1H3. The summed E-state index contributed by atoms with van der Waals surface area (Å²) in [6.45, 7) is 2.38. The Morgan fingerprint density at radius 3 is 2.47 bits per heavy atom. The summed E-state index contributed by atoms with van der Waals surface area (Å²) in [5, 5.41) is 1.05. The molecule has 0 aromatic carbocycles. The molecule has 2 amide bonds. The molecule has 0 saturated carbocycles. The molecule has 104 valence electrons. The van der Waals surface area contributed by atoms with Gasteiger partial charge in [-0.2, -0.15) is 0 Å². The molecule has 0 aromatic rings. The first-order valence-electron chi connectivity index (χ1n) is 6.47. The molecule has 2 aliphatic rings. The van der Waals surface area contributed by atoms with Crippen molar-refractivity contribution in [1.29, 1.82) is 0 Å². The van der Waals surface area contributed by atoms with Crippen molar-refractivity contribution in [3.05, 3.63) is 12.2 Å². The number of imide groups is 1. The number of rotatable bonds is 6. The van der Waals surface area contributed by atoms with Gasteiger partial charge in [-0.1, -0.05) is 28.5 Å². The Morgan fingerprint density at radius 1 is 1.26 bits per heavy atom. The summed E-state index contributed by atoms with van der Waals surface area (Å²) in [7, 11) is 3.67. The Balaban J connectivity index is 1.71. The minimum absolute atomic E-state index is 0.141. The average molecular weight is 299 g/mol. The second kappa shape index (κ2) is 6.61. The summed E-state index contributed by atoms with van der Waals surface area (Å²) < 4.78 is 0. The van der Waals surface area contributed by atoms with Gasteiger partial charge in [0.25, 0.3) is 11.8 Å². The van der Waals surface area contributed by atoms with E-state index in [1.165, 1.54) is 12.2 Å².